The standard InChI is InChI=1S/C73H111N13O15S2/c1-18-40(4)57(66(91)82-55(68(93)94)35-39(2)3)83-64(89)54(36-47-27-29-48(30-28-47)99-71(11,12)13)81-65(90)56-26-22-34-86(56)67(92)53(25-21-33-78-70(75)85-103(97,98)61-44(8)42(6)59-50(46(61)10)38-73(16,17)101-59)80-63(88)52(79-62(87)51-23-19-31-76-51)24-20-32-77-69(74)84-102(95,96)60-43(7)41(5)58-49(45(60)9)37-72(14,15)100-58/h27-30,39-40,51-57,76H,18-26,31-38H2,1-17H3,(H,79,87)(H,80,88)(H,81,90)(H,82,91)(H,83,89)(H,93,94)(H3,74,77,84)(H3,75,78,85)/t40-,51-,52-,53-,54-,55-,56-,57-/m0/s1. The monoisotopic (exact) mass is 1470 g/mol. The van der Waals surface area contributed by atoms with Crippen LogP contribution in [0.2, 0.25) is 0 Å². The quantitative estimate of drug-likeness (QED) is 0.0212. The van der Waals surface area contributed by atoms with Gasteiger partial charge in [0, 0.05) is 50.0 Å². The van der Waals surface area contributed by atoms with Crippen LogP contribution in [0.25, 0.3) is 0 Å². The number of rotatable bonds is 31. The molecule has 0 saturated carbocycles. The number of aliphatic carboxylic acids is 1. The van der Waals surface area contributed by atoms with E-state index in [9.17, 15) is 45.9 Å². The number of hydrogen-bond acceptors (Lipinski definition) is 17. The Morgan fingerprint density at radius 1 is 0.650 bits per heavy atom. The van der Waals surface area contributed by atoms with Crippen molar-refractivity contribution in [3.05, 3.63) is 74.3 Å². The molecule has 4 aliphatic heterocycles. The Morgan fingerprint density at radius 2 is 1.15 bits per heavy atom. The molecule has 4 heterocycles. The molecule has 0 aromatic heterocycles. The van der Waals surface area contributed by atoms with Crippen LogP contribution in [0.5, 0.6) is 17.2 Å². The molecule has 6 amide bonds. The van der Waals surface area contributed by atoms with E-state index in [0.29, 0.717) is 101 Å². The van der Waals surface area contributed by atoms with Gasteiger partial charge in [0.1, 0.15) is 70.3 Å². The van der Waals surface area contributed by atoms with Gasteiger partial charge in [-0.3, -0.25) is 39.6 Å². The Balaban J connectivity index is 1.14. The smallest absolute Gasteiger partial charge is 0.326 e. The lowest BCUT2D eigenvalue weighted by atomic mass is 9.94. The molecule has 30 heteroatoms. The summed E-state index contributed by atoms with van der Waals surface area (Å²) in [5.74, 6) is -5.36. The number of nitrogens with zero attached hydrogens (tertiary/aromatic N) is 1. The van der Waals surface area contributed by atoms with Crippen LogP contribution in [0.15, 0.2) is 34.1 Å². The van der Waals surface area contributed by atoms with Crippen molar-refractivity contribution in [2.45, 2.75) is 270 Å². The van der Waals surface area contributed by atoms with Crippen LogP contribution in [-0.4, -0.2) is 165 Å². The zero-order valence-corrected chi connectivity index (χ0v) is 64.6. The molecule has 0 bridgehead atoms. The lowest BCUT2D eigenvalue weighted by Crippen LogP contribution is -2.60. The second-order valence-electron chi connectivity index (χ2n) is 30.7. The number of ether oxygens (including phenoxy) is 3. The molecule has 7 rings (SSSR count). The van der Waals surface area contributed by atoms with Crippen LogP contribution in [0, 0.1) is 64.2 Å². The highest BCUT2D eigenvalue weighted by atomic mass is 32.2. The van der Waals surface area contributed by atoms with E-state index in [1.807, 2.05) is 69.2 Å². The number of carboxylic acid groups (broad SMARTS) is 1. The fourth-order valence-corrected chi connectivity index (χ4v) is 17.0. The van der Waals surface area contributed by atoms with Crippen molar-refractivity contribution in [1.29, 1.82) is 10.8 Å². The molecule has 4 aliphatic rings. The zero-order chi connectivity index (χ0) is 76.6. The normalized spacial score (nSPS) is 18.4. The van der Waals surface area contributed by atoms with Gasteiger partial charge in [0.25, 0.3) is 20.0 Å². The fraction of sp³-hybridized carbons (Fsp3) is 0.630. The number of benzene rings is 3. The van der Waals surface area contributed by atoms with Crippen molar-refractivity contribution in [3.8, 4) is 17.2 Å². The van der Waals surface area contributed by atoms with Gasteiger partial charge in [-0.15, -0.1) is 0 Å². The number of likely N-dealkylation sites (tertiary alicyclic amines) is 1. The second kappa shape index (κ2) is 33.7. The molecule has 13 N–H and O–H groups in total. The van der Waals surface area contributed by atoms with Gasteiger partial charge in [0.05, 0.1) is 15.8 Å². The number of amides is 6. The highest BCUT2D eigenvalue weighted by Crippen LogP contribution is 2.45. The van der Waals surface area contributed by atoms with Crippen molar-refractivity contribution < 1.29 is 69.7 Å². The van der Waals surface area contributed by atoms with Gasteiger partial charge < -0.3 is 66.8 Å². The van der Waals surface area contributed by atoms with Gasteiger partial charge in [-0.2, -0.15) is 0 Å². The van der Waals surface area contributed by atoms with Crippen molar-refractivity contribution in [2.75, 3.05) is 26.2 Å². The molecule has 2 saturated heterocycles. The van der Waals surface area contributed by atoms with Gasteiger partial charge in [-0.1, -0.05) is 46.2 Å². The van der Waals surface area contributed by atoms with E-state index < -0.39 is 138 Å². The predicted octanol–water partition coefficient (Wildman–Crippen LogP) is 5.59. The maximum absolute atomic E-state index is 15.4. The van der Waals surface area contributed by atoms with E-state index in [2.05, 4.69) is 52.0 Å². The molecule has 570 valence electrons. The van der Waals surface area contributed by atoms with Crippen LogP contribution < -0.4 is 66.2 Å². The van der Waals surface area contributed by atoms with Gasteiger partial charge in [-0.05, 0) is 217 Å². The first-order chi connectivity index (χ1) is 47.9. The summed E-state index contributed by atoms with van der Waals surface area (Å²) in [6, 6.07) is -1.56. The average molecular weight is 1470 g/mol. The summed E-state index contributed by atoms with van der Waals surface area (Å²) < 4.78 is 79.6. The first-order valence-corrected chi connectivity index (χ1v) is 38.8. The molecule has 0 radical (unpaired) electrons. The van der Waals surface area contributed by atoms with Crippen LogP contribution in [0.1, 0.15) is 190 Å². The van der Waals surface area contributed by atoms with E-state index in [-0.39, 0.29) is 80.3 Å². The summed E-state index contributed by atoms with van der Waals surface area (Å²) in [7, 11) is -8.66. The molecule has 28 nitrogen and oxygen atoms in total. The summed E-state index contributed by atoms with van der Waals surface area (Å²) in [5, 5.41) is 50.2. The van der Waals surface area contributed by atoms with Gasteiger partial charge >= 0.3 is 5.97 Å². The fourth-order valence-electron chi connectivity index (χ4n) is 13.9. The highest BCUT2D eigenvalue weighted by Gasteiger charge is 2.43. The molecule has 0 unspecified atom stereocenters. The number of nitrogens with one attached hydrogen (secondary N) is 12. The predicted molar refractivity (Wildman–Crippen MR) is 391 cm³/mol. The molecule has 3 aromatic carbocycles. The van der Waals surface area contributed by atoms with Crippen LogP contribution in [-0.2, 0) is 72.9 Å². The first-order valence-electron chi connectivity index (χ1n) is 35.8. The number of carbonyl (C=O) groups excluding carboxylic acids is 6. The molecule has 3 aromatic rings. The molecule has 0 aliphatic carbocycles. The van der Waals surface area contributed by atoms with E-state index in [4.69, 9.17) is 25.0 Å². The number of fused-ring (bicyclic) bond motifs is 2. The maximum atomic E-state index is 15.4. The zero-order valence-electron chi connectivity index (χ0n) is 63.0. The minimum atomic E-state index is -4.35. The van der Waals surface area contributed by atoms with E-state index in [1.165, 1.54) is 4.90 Å². The third kappa shape index (κ3) is 21.0. The summed E-state index contributed by atoms with van der Waals surface area (Å²) in [5.41, 5.74) is 3.73. The highest BCUT2D eigenvalue weighted by molar-refractivity contribution is 7.90. The summed E-state index contributed by atoms with van der Waals surface area (Å²) in [4.78, 5) is 102. The Morgan fingerprint density at radius 3 is 1.62 bits per heavy atom. The molecule has 8 atom stereocenters. The topological polar surface area (TPSA) is 407 Å². The second-order valence-corrected chi connectivity index (χ2v) is 33.9. The first kappa shape index (κ1) is 82.0. The van der Waals surface area contributed by atoms with Crippen LogP contribution >= 0.6 is 0 Å². The number of guanidine groups is 2. The summed E-state index contributed by atoms with van der Waals surface area (Å²) in [6.45, 7) is 31.3. The maximum Gasteiger partial charge on any atom is 0.326 e. The number of sulfonamides is 2. The van der Waals surface area contributed by atoms with Gasteiger partial charge in [0.15, 0.2) is 0 Å². The number of carboxylic acids is 1. The van der Waals surface area contributed by atoms with Crippen molar-refractivity contribution >= 4 is 73.4 Å². The molecule has 2 fully saturated rings. The van der Waals surface area contributed by atoms with E-state index in [0.717, 1.165) is 11.1 Å². The van der Waals surface area contributed by atoms with Gasteiger partial charge in [-0.25, -0.2) is 31.1 Å². The SMILES string of the molecule is CC[C@H](C)[C@H](NC(=O)[C@H](Cc1ccc(OC(C)(C)C)cc1)NC(=O)[C@@H]1CCCN1C(=O)[C@H](CCCNC(=N)NS(=O)(=O)c1c(C)c(C)c2c(c1C)CC(C)(C)O2)NC(=O)[C@H](CCCNC(=N)NS(=O)(=O)c1c(C)c(C)c2c(c1C)CC(C)(C)O2)NC(=O)[C@@H]1CCCN1)C(=O)N[C@@H](CC(C)C)C(=O)O. The number of carbonyl (C=O) groups is 7. The summed E-state index contributed by atoms with van der Waals surface area (Å²) in [6.07, 6.45) is 2.83. The Hall–Kier alpha value is -8.25. The molecular weight excluding hydrogens is 1360 g/mol. The molecule has 103 heavy (non-hydrogen) atoms. The Labute approximate surface area is 607 Å². The molecule has 0 spiro atoms. The van der Waals surface area contributed by atoms with Crippen molar-refractivity contribution in [3.63, 3.8) is 0 Å². The Kier molecular flexibility index (Phi) is 26.8. The van der Waals surface area contributed by atoms with Crippen molar-refractivity contribution in [2.24, 2.45) is 11.8 Å². The Bertz CT molecular complexity index is 3940. The van der Waals surface area contributed by atoms with E-state index >= 15 is 9.59 Å². The minimum Gasteiger partial charge on any atom is -0.488 e. The van der Waals surface area contributed by atoms with Crippen LogP contribution in [0.4, 0.5) is 0 Å². The third-order valence-electron chi connectivity index (χ3n) is 19.5. The lowest BCUT2D eigenvalue weighted by molar-refractivity contribution is -0.143. The summed E-state index contributed by atoms with van der Waals surface area (Å²) >= 11 is 0. The average Bonchev–Trinajstić information content (AvgIpc) is 1.65. The minimum absolute atomic E-state index is 0.0163. The van der Waals surface area contributed by atoms with Crippen LogP contribution in [0.3, 0.4) is 0 Å². The van der Waals surface area contributed by atoms with Crippen molar-refractivity contribution in [1.82, 2.24) is 56.9 Å². The molecular formula is C73H111N13O15S2. The van der Waals surface area contributed by atoms with E-state index in [1.54, 1.807) is 72.7 Å². The number of hydrogen-bond donors (Lipinski definition) is 13. The lowest BCUT2D eigenvalue weighted by Gasteiger charge is -2.31. The van der Waals surface area contributed by atoms with Gasteiger partial charge in [0.2, 0.25) is 47.4 Å². The largest absolute Gasteiger partial charge is 0.488 e. The third-order valence-corrected chi connectivity index (χ3v) is 22.8.